The van der Waals surface area contributed by atoms with Gasteiger partial charge < -0.3 is 14.9 Å². The molecule has 5 unspecified atom stereocenters. The lowest BCUT2D eigenvalue weighted by Crippen LogP contribution is -2.31. The maximum absolute atomic E-state index is 12.8. The molecule has 0 aliphatic heterocycles. The van der Waals surface area contributed by atoms with Crippen LogP contribution in [0.4, 0.5) is 4.39 Å². The maximum Gasteiger partial charge on any atom is 0.309 e. The quantitative estimate of drug-likeness (QED) is 0.864. The molecule has 2 saturated carbocycles. The topological polar surface area (TPSA) is 83.8 Å². The number of carbonyl (C=O) groups is 2. The molecule has 0 amide bonds. The van der Waals surface area contributed by atoms with Crippen LogP contribution in [0.3, 0.4) is 0 Å². The molecule has 0 spiro atoms. The van der Waals surface area contributed by atoms with Crippen molar-refractivity contribution in [1.29, 1.82) is 0 Å². The number of halogens is 1. The highest BCUT2D eigenvalue weighted by molar-refractivity contribution is 5.80. The van der Waals surface area contributed by atoms with Crippen molar-refractivity contribution < 1.29 is 28.9 Å². The Morgan fingerprint density at radius 2 is 1.76 bits per heavy atom. The molecule has 2 aliphatic rings. The van der Waals surface area contributed by atoms with Crippen molar-refractivity contribution in [2.75, 3.05) is 0 Å². The first kappa shape index (κ1) is 14.0. The van der Waals surface area contributed by atoms with Gasteiger partial charge in [-0.25, -0.2) is 4.39 Å². The largest absolute Gasteiger partial charge is 0.481 e. The standard InChI is InChI=1S/C15H15FO5/c16-8-3-1-7(2-4-8)6-21-10-5-9-11(12(9)14(17)18)13(10)15(19)20/h1-4,9-13H,5-6H2,(H,17,18)(H,19,20). The van der Waals surface area contributed by atoms with Gasteiger partial charge in [0.2, 0.25) is 0 Å². The fourth-order valence-electron chi connectivity index (χ4n) is 3.48. The first-order chi connectivity index (χ1) is 9.99. The van der Waals surface area contributed by atoms with Gasteiger partial charge in [0.25, 0.3) is 0 Å². The molecule has 2 aliphatic carbocycles. The van der Waals surface area contributed by atoms with Crippen LogP contribution in [0.1, 0.15) is 12.0 Å². The number of hydrogen-bond acceptors (Lipinski definition) is 3. The number of carboxylic acids is 2. The Morgan fingerprint density at radius 3 is 2.33 bits per heavy atom. The summed E-state index contributed by atoms with van der Waals surface area (Å²) in [5.74, 6) is -3.99. The summed E-state index contributed by atoms with van der Waals surface area (Å²) in [4.78, 5) is 22.3. The molecular formula is C15H15FO5. The summed E-state index contributed by atoms with van der Waals surface area (Å²) in [7, 11) is 0. The summed E-state index contributed by atoms with van der Waals surface area (Å²) >= 11 is 0. The molecule has 1 aromatic carbocycles. The van der Waals surface area contributed by atoms with E-state index in [1.54, 1.807) is 12.1 Å². The fourth-order valence-corrected chi connectivity index (χ4v) is 3.48. The molecule has 0 aromatic heterocycles. The average Bonchev–Trinajstić information content (AvgIpc) is 3.00. The van der Waals surface area contributed by atoms with E-state index in [9.17, 15) is 19.1 Å². The molecule has 5 atom stereocenters. The number of aliphatic carboxylic acids is 2. The van der Waals surface area contributed by atoms with Crippen molar-refractivity contribution in [2.24, 2.45) is 23.7 Å². The van der Waals surface area contributed by atoms with E-state index >= 15 is 0 Å². The molecule has 5 nitrogen and oxygen atoms in total. The van der Waals surface area contributed by atoms with E-state index in [4.69, 9.17) is 9.84 Å². The van der Waals surface area contributed by atoms with Crippen molar-refractivity contribution in [3.8, 4) is 0 Å². The molecule has 0 radical (unpaired) electrons. The van der Waals surface area contributed by atoms with E-state index < -0.39 is 29.9 Å². The number of hydrogen-bond donors (Lipinski definition) is 2. The highest BCUT2D eigenvalue weighted by atomic mass is 19.1. The van der Waals surface area contributed by atoms with Crippen molar-refractivity contribution in [1.82, 2.24) is 0 Å². The van der Waals surface area contributed by atoms with Gasteiger partial charge in [-0.2, -0.15) is 0 Å². The molecule has 0 saturated heterocycles. The van der Waals surface area contributed by atoms with Crippen LogP contribution in [0, 0.1) is 29.5 Å². The third-order valence-corrected chi connectivity index (χ3v) is 4.50. The molecular weight excluding hydrogens is 279 g/mol. The minimum atomic E-state index is -1.00. The Hall–Kier alpha value is -1.95. The Balaban J connectivity index is 1.63. The first-order valence-electron chi connectivity index (χ1n) is 6.80. The molecule has 1 aromatic rings. The highest BCUT2D eigenvalue weighted by Crippen LogP contribution is 2.61. The van der Waals surface area contributed by atoms with Gasteiger partial charge in [-0.1, -0.05) is 12.1 Å². The van der Waals surface area contributed by atoms with Gasteiger partial charge in [-0.15, -0.1) is 0 Å². The first-order valence-corrected chi connectivity index (χ1v) is 6.80. The van der Waals surface area contributed by atoms with Gasteiger partial charge in [0.05, 0.1) is 24.5 Å². The summed E-state index contributed by atoms with van der Waals surface area (Å²) in [5, 5.41) is 18.3. The SMILES string of the molecule is O=C(O)C1C(OCc2ccc(F)cc2)CC2C(C(=O)O)C21. The minimum absolute atomic E-state index is 0.0955. The zero-order chi connectivity index (χ0) is 15.1. The summed E-state index contributed by atoms with van der Waals surface area (Å²) in [5.41, 5.74) is 0.760. The zero-order valence-electron chi connectivity index (χ0n) is 11.1. The third-order valence-electron chi connectivity index (χ3n) is 4.50. The van der Waals surface area contributed by atoms with E-state index in [0.29, 0.717) is 6.42 Å². The number of fused-ring (bicyclic) bond motifs is 1. The van der Waals surface area contributed by atoms with E-state index in [1.165, 1.54) is 12.1 Å². The molecule has 2 N–H and O–H groups in total. The highest BCUT2D eigenvalue weighted by Gasteiger charge is 2.67. The van der Waals surface area contributed by atoms with E-state index in [2.05, 4.69) is 0 Å². The molecule has 21 heavy (non-hydrogen) atoms. The Labute approximate surface area is 120 Å². The number of rotatable bonds is 5. The van der Waals surface area contributed by atoms with E-state index in [1.807, 2.05) is 0 Å². The van der Waals surface area contributed by atoms with Crippen LogP contribution in [0.5, 0.6) is 0 Å². The lowest BCUT2D eigenvalue weighted by atomic mass is 9.97. The predicted octanol–water partition coefficient (Wildman–Crippen LogP) is 1.76. The van der Waals surface area contributed by atoms with Crippen LogP contribution in [0.15, 0.2) is 24.3 Å². The molecule has 0 bridgehead atoms. The van der Waals surface area contributed by atoms with Crippen LogP contribution in [-0.4, -0.2) is 28.3 Å². The lowest BCUT2D eigenvalue weighted by molar-refractivity contribution is -0.149. The maximum atomic E-state index is 12.8. The van der Waals surface area contributed by atoms with Crippen LogP contribution in [-0.2, 0) is 20.9 Å². The molecule has 6 heteroatoms. The Bertz CT molecular complexity index is 570. The molecule has 3 rings (SSSR count). The van der Waals surface area contributed by atoms with Gasteiger partial charge >= 0.3 is 11.9 Å². The van der Waals surface area contributed by atoms with Crippen molar-refractivity contribution in [3.05, 3.63) is 35.6 Å². The van der Waals surface area contributed by atoms with Gasteiger partial charge in [-0.05, 0) is 36.0 Å². The third kappa shape index (κ3) is 2.51. The average molecular weight is 294 g/mol. The van der Waals surface area contributed by atoms with Crippen molar-refractivity contribution >= 4 is 11.9 Å². The fraction of sp³-hybridized carbons (Fsp3) is 0.467. The number of benzene rings is 1. The Kier molecular flexibility index (Phi) is 3.41. The molecule has 2 fully saturated rings. The van der Waals surface area contributed by atoms with Gasteiger partial charge in [0.1, 0.15) is 5.82 Å². The normalized spacial score (nSPS) is 33.5. The van der Waals surface area contributed by atoms with E-state index in [-0.39, 0.29) is 24.3 Å². The van der Waals surface area contributed by atoms with Crippen molar-refractivity contribution in [3.63, 3.8) is 0 Å². The number of ether oxygens (including phenoxy) is 1. The smallest absolute Gasteiger partial charge is 0.309 e. The summed E-state index contributed by atoms with van der Waals surface area (Å²) in [6.07, 6.45) is -0.0158. The second-order valence-corrected chi connectivity index (χ2v) is 5.68. The molecule has 0 heterocycles. The Morgan fingerprint density at radius 1 is 1.14 bits per heavy atom. The van der Waals surface area contributed by atoms with Crippen LogP contribution in [0.2, 0.25) is 0 Å². The van der Waals surface area contributed by atoms with Gasteiger partial charge in [0.15, 0.2) is 0 Å². The van der Waals surface area contributed by atoms with Crippen LogP contribution < -0.4 is 0 Å². The van der Waals surface area contributed by atoms with Crippen molar-refractivity contribution in [2.45, 2.75) is 19.1 Å². The van der Waals surface area contributed by atoms with Gasteiger partial charge in [-0.3, -0.25) is 9.59 Å². The summed E-state index contributed by atoms with van der Waals surface area (Å²) in [6, 6.07) is 5.81. The monoisotopic (exact) mass is 294 g/mol. The predicted molar refractivity (Wildman–Crippen MR) is 68.8 cm³/mol. The lowest BCUT2D eigenvalue weighted by Gasteiger charge is -2.21. The second kappa shape index (κ2) is 5.11. The van der Waals surface area contributed by atoms with Gasteiger partial charge in [0, 0.05) is 0 Å². The van der Waals surface area contributed by atoms with E-state index in [0.717, 1.165) is 5.56 Å². The van der Waals surface area contributed by atoms with Crippen LogP contribution in [0.25, 0.3) is 0 Å². The second-order valence-electron chi connectivity index (χ2n) is 5.68. The summed E-state index contributed by atoms with van der Waals surface area (Å²) < 4.78 is 18.4. The zero-order valence-corrected chi connectivity index (χ0v) is 11.1. The summed E-state index contributed by atoms with van der Waals surface area (Å²) in [6.45, 7) is 0.200. The molecule has 112 valence electrons. The van der Waals surface area contributed by atoms with Crippen LogP contribution >= 0.6 is 0 Å². The number of carboxylic acid groups (broad SMARTS) is 2. The minimum Gasteiger partial charge on any atom is -0.481 e.